The third kappa shape index (κ3) is 2.26. The number of nitrogens with zero attached hydrogens (tertiary/aromatic N) is 1. The Labute approximate surface area is 115 Å². The van der Waals surface area contributed by atoms with E-state index in [-0.39, 0.29) is 0 Å². The van der Waals surface area contributed by atoms with E-state index in [1.807, 2.05) is 12.1 Å². The molecule has 1 aromatic heterocycles. The van der Waals surface area contributed by atoms with E-state index < -0.39 is 0 Å². The first-order valence-corrected chi connectivity index (χ1v) is 7.10. The van der Waals surface area contributed by atoms with Crippen molar-refractivity contribution in [3.05, 3.63) is 64.1 Å². The number of thiazole rings is 1. The molecule has 18 heavy (non-hydrogen) atoms. The van der Waals surface area contributed by atoms with Crippen LogP contribution >= 0.6 is 22.9 Å². The van der Waals surface area contributed by atoms with Crippen molar-refractivity contribution in [1.82, 2.24) is 0 Å². The van der Waals surface area contributed by atoms with Crippen molar-refractivity contribution in [2.75, 3.05) is 0 Å². The molecular formula is C15H13ClNS+. The van der Waals surface area contributed by atoms with Crippen molar-refractivity contribution in [2.24, 2.45) is 0 Å². The molecule has 2 aromatic carbocycles. The normalized spacial score (nSPS) is 11.0. The second-order valence-electron chi connectivity index (χ2n) is 4.45. The molecule has 0 saturated heterocycles. The van der Waals surface area contributed by atoms with Crippen LogP contribution in [0.1, 0.15) is 11.1 Å². The Morgan fingerprint density at radius 3 is 2.89 bits per heavy atom. The van der Waals surface area contributed by atoms with Gasteiger partial charge in [0.1, 0.15) is 4.70 Å². The van der Waals surface area contributed by atoms with Crippen molar-refractivity contribution < 1.29 is 4.57 Å². The highest BCUT2D eigenvalue weighted by molar-refractivity contribution is 7.16. The van der Waals surface area contributed by atoms with E-state index in [0.717, 1.165) is 11.6 Å². The molecule has 0 atom stereocenters. The van der Waals surface area contributed by atoms with Gasteiger partial charge in [-0.2, -0.15) is 4.57 Å². The zero-order valence-corrected chi connectivity index (χ0v) is 11.6. The summed E-state index contributed by atoms with van der Waals surface area (Å²) < 4.78 is 3.50. The average molecular weight is 275 g/mol. The average Bonchev–Trinajstić information content (AvgIpc) is 2.72. The summed E-state index contributed by atoms with van der Waals surface area (Å²) in [5, 5.41) is 0.798. The van der Waals surface area contributed by atoms with Crippen molar-refractivity contribution >= 4 is 33.2 Å². The van der Waals surface area contributed by atoms with Gasteiger partial charge in [-0.3, -0.25) is 0 Å². The van der Waals surface area contributed by atoms with Gasteiger partial charge in [0, 0.05) is 16.7 Å². The predicted octanol–water partition coefficient (Wildman–Crippen LogP) is 4.20. The van der Waals surface area contributed by atoms with Gasteiger partial charge < -0.3 is 0 Å². The summed E-state index contributed by atoms with van der Waals surface area (Å²) in [7, 11) is 0. The van der Waals surface area contributed by atoms with Crippen LogP contribution in [0.15, 0.2) is 48.0 Å². The van der Waals surface area contributed by atoms with Crippen LogP contribution < -0.4 is 4.57 Å². The number of aryl methyl sites for hydroxylation is 1. The minimum Gasteiger partial charge on any atom is -0.184 e. The number of rotatable bonds is 2. The summed E-state index contributed by atoms with van der Waals surface area (Å²) in [6.45, 7) is 3.03. The fraction of sp³-hybridized carbons (Fsp3) is 0.133. The zero-order valence-electron chi connectivity index (χ0n) is 10.1. The molecule has 0 amide bonds. The topological polar surface area (TPSA) is 3.88 Å². The van der Waals surface area contributed by atoms with Crippen molar-refractivity contribution in [3.8, 4) is 0 Å². The third-order valence-corrected chi connectivity index (χ3v) is 4.15. The lowest BCUT2D eigenvalue weighted by Crippen LogP contribution is -2.31. The summed E-state index contributed by atoms with van der Waals surface area (Å²) in [6.07, 6.45) is 0. The minimum atomic E-state index is 0.798. The van der Waals surface area contributed by atoms with Crippen LogP contribution in [-0.4, -0.2) is 0 Å². The van der Waals surface area contributed by atoms with E-state index in [0.29, 0.717) is 0 Å². The molecule has 0 bridgehead atoms. The highest BCUT2D eigenvalue weighted by atomic mass is 35.5. The number of fused-ring (bicyclic) bond motifs is 1. The number of benzene rings is 2. The predicted molar refractivity (Wildman–Crippen MR) is 77.3 cm³/mol. The van der Waals surface area contributed by atoms with Gasteiger partial charge in [0.25, 0.3) is 0 Å². The molecule has 0 aliphatic heterocycles. The summed E-state index contributed by atoms with van der Waals surface area (Å²) in [5.74, 6) is 0. The summed E-state index contributed by atoms with van der Waals surface area (Å²) in [5.41, 5.74) is 6.03. The van der Waals surface area contributed by atoms with Gasteiger partial charge in [-0.05, 0) is 25.1 Å². The molecule has 0 aliphatic carbocycles. The Balaban J connectivity index is 2.00. The van der Waals surface area contributed by atoms with Crippen LogP contribution in [0.4, 0.5) is 0 Å². The number of halogens is 1. The van der Waals surface area contributed by atoms with Crippen LogP contribution in [0.2, 0.25) is 5.02 Å². The maximum atomic E-state index is 6.01. The molecule has 0 N–H and O–H groups in total. The standard InChI is InChI=1S/C15H13ClNS/c1-11-3-2-4-12(7-11)9-17-10-18-15-8-13(16)5-6-14(15)17/h2-8,10H,9H2,1H3/q+1. The first-order chi connectivity index (χ1) is 8.72. The van der Waals surface area contributed by atoms with Crippen LogP contribution in [0.25, 0.3) is 10.2 Å². The van der Waals surface area contributed by atoms with Gasteiger partial charge in [0.2, 0.25) is 11.0 Å². The maximum Gasteiger partial charge on any atom is 0.226 e. The molecular weight excluding hydrogens is 262 g/mol. The second-order valence-corrected chi connectivity index (χ2v) is 5.78. The molecule has 1 heterocycles. The maximum absolute atomic E-state index is 6.01. The Morgan fingerprint density at radius 2 is 2.06 bits per heavy atom. The van der Waals surface area contributed by atoms with Crippen LogP contribution in [0.5, 0.6) is 0 Å². The molecule has 0 saturated carbocycles. The Bertz CT molecular complexity index is 703. The lowest BCUT2D eigenvalue weighted by atomic mass is 10.1. The van der Waals surface area contributed by atoms with E-state index in [2.05, 4.69) is 47.3 Å². The summed E-state index contributed by atoms with van der Waals surface area (Å²) in [4.78, 5) is 0. The van der Waals surface area contributed by atoms with E-state index in [1.54, 1.807) is 11.3 Å². The van der Waals surface area contributed by atoms with Gasteiger partial charge >= 0.3 is 0 Å². The Morgan fingerprint density at radius 1 is 1.17 bits per heavy atom. The molecule has 0 radical (unpaired) electrons. The Kier molecular flexibility index (Phi) is 3.06. The molecule has 0 fully saturated rings. The number of hydrogen-bond donors (Lipinski definition) is 0. The Hall–Kier alpha value is -1.38. The van der Waals surface area contributed by atoms with Crippen LogP contribution in [-0.2, 0) is 6.54 Å². The van der Waals surface area contributed by atoms with Crippen LogP contribution in [0, 0.1) is 6.92 Å². The van der Waals surface area contributed by atoms with Gasteiger partial charge in [0.15, 0.2) is 6.54 Å². The van der Waals surface area contributed by atoms with E-state index in [9.17, 15) is 0 Å². The summed E-state index contributed by atoms with van der Waals surface area (Å²) >= 11 is 7.74. The summed E-state index contributed by atoms with van der Waals surface area (Å²) in [6, 6.07) is 14.7. The smallest absolute Gasteiger partial charge is 0.184 e. The minimum absolute atomic E-state index is 0.798. The molecule has 3 rings (SSSR count). The quantitative estimate of drug-likeness (QED) is 0.617. The SMILES string of the molecule is Cc1cccc(C[n+]2csc3cc(Cl)ccc32)c1. The van der Waals surface area contributed by atoms with Crippen molar-refractivity contribution in [3.63, 3.8) is 0 Å². The van der Waals surface area contributed by atoms with Gasteiger partial charge in [-0.15, -0.1) is 0 Å². The molecule has 3 aromatic rings. The second kappa shape index (κ2) is 4.71. The number of hydrogen-bond acceptors (Lipinski definition) is 1. The molecule has 0 aliphatic rings. The largest absolute Gasteiger partial charge is 0.226 e. The molecule has 0 spiro atoms. The van der Waals surface area contributed by atoms with Gasteiger partial charge in [0.05, 0.1) is 0 Å². The van der Waals surface area contributed by atoms with Crippen molar-refractivity contribution in [2.45, 2.75) is 13.5 Å². The highest BCUT2D eigenvalue weighted by Gasteiger charge is 2.12. The lowest BCUT2D eigenvalue weighted by molar-refractivity contribution is -0.658. The monoisotopic (exact) mass is 274 g/mol. The molecule has 3 heteroatoms. The lowest BCUT2D eigenvalue weighted by Gasteiger charge is -1.98. The first-order valence-electron chi connectivity index (χ1n) is 5.84. The van der Waals surface area contributed by atoms with E-state index in [4.69, 9.17) is 11.6 Å². The highest BCUT2D eigenvalue weighted by Crippen LogP contribution is 2.21. The van der Waals surface area contributed by atoms with E-state index in [1.165, 1.54) is 21.3 Å². The van der Waals surface area contributed by atoms with Crippen molar-refractivity contribution in [1.29, 1.82) is 0 Å². The first kappa shape index (κ1) is 11.7. The fourth-order valence-corrected chi connectivity index (χ4v) is 3.29. The van der Waals surface area contributed by atoms with Gasteiger partial charge in [-0.1, -0.05) is 46.7 Å². The van der Waals surface area contributed by atoms with Crippen LogP contribution in [0.3, 0.4) is 0 Å². The fourth-order valence-electron chi connectivity index (χ4n) is 2.13. The molecule has 0 unspecified atom stereocenters. The molecule has 1 nitrogen and oxygen atoms in total. The molecule has 90 valence electrons. The van der Waals surface area contributed by atoms with E-state index >= 15 is 0 Å². The zero-order chi connectivity index (χ0) is 12.5. The third-order valence-electron chi connectivity index (χ3n) is 2.97. The number of aromatic nitrogens is 1. The van der Waals surface area contributed by atoms with Gasteiger partial charge in [-0.25, -0.2) is 0 Å².